The summed E-state index contributed by atoms with van der Waals surface area (Å²) in [5.74, 6) is -0.139. The van der Waals surface area contributed by atoms with Crippen molar-refractivity contribution in [2.24, 2.45) is 0 Å². The van der Waals surface area contributed by atoms with Crippen LogP contribution in [0.1, 0.15) is 26.2 Å². The number of anilines is 1. The van der Waals surface area contributed by atoms with Crippen LogP contribution < -0.4 is 14.9 Å². The van der Waals surface area contributed by atoms with Gasteiger partial charge in [0.15, 0.2) is 0 Å². The van der Waals surface area contributed by atoms with Gasteiger partial charge in [-0.05, 0) is 37.1 Å². The fraction of sp³-hybridized carbons (Fsp3) is 0.467. The Morgan fingerprint density at radius 3 is 2.48 bits per heavy atom. The van der Waals surface area contributed by atoms with E-state index in [4.69, 9.17) is 0 Å². The molecule has 2 rings (SSSR count). The zero-order chi connectivity index (χ0) is 16.9. The van der Waals surface area contributed by atoms with Crippen LogP contribution in [0.5, 0.6) is 0 Å². The predicted octanol–water partition coefficient (Wildman–Crippen LogP) is 0.618. The number of amides is 2. The number of carbonyl (C=O) groups is 2. The molecule has 0 bridgehead atoms. The van der Waals surface area contributed by atoms with Crippen LogP contribution in [0.15, 0.2) is 29.2 Å². The van der Waals surface area contributed by atoms with E-state index in [2.05, 4.69) is 10.0 Å². The summed E-state index contributed by atoms with van der Waals surface area (Å²) < 4.78 is 26.7. The SMILES string of the molecule is CC(=O)NCCNS(=O)(=O)c1ccc(N2CCCCC2=O)cc1. The standard InChI is InChI=1S/C15H21N3O4S/c1-12(19)16-9-10-17-23(21,22)14-7-5-13(6-8-14)18-11-3-2-4-15(18)20/h5-8,17H,2-4,9-11H2,1H3,(H,16,19). The molecule has 1 fully saturated rings. The topological polar surface area (TPSA) is 95.6 Å². The van der Waals surface area contributed by atoms with Crippen molar-refractivity contribution in [2.45, 2.75) is 31.1 Å². The zero-order valence-electron chi connectivity index (χ0n) is 13.0. The second-order valence-corrected chi connectivity index (χ2v) is 7.14. The first-order chi connectivity index (χ1) is 10.9. The van der Waals surface area contributed by atoms with Crippen LogP contribution in [0.4, 0.5) is 5.69 Å². The maximum atomic E-state index is 12.1. The Morgan fingerprint density at radius 2 is 1.87 bits per heavy atom. The predicted molar refractivity (Wildman–Crippen MR) is 86.5 cm³/mol. The molecular formula is C15H21N3O4S. The van der Waals surface area contributed by atoms with E-state index in [1.165, 1.54) is 19.1 Å². The van der Waals surface area contributed by atoms with Gasteiger partial charge in [0.25, 0.3) is 0 Å². The summed E-state index contributed by atoms with van der Waals surface area (Å²) in [4.78, 5) is 24.4. The highest BCUT2D eigenvalue weighted by Crippen LogP contribution is 2.22. The zero-order valence-corrected chi connectivity index (χ0v) is 13.9. The van der Waals surface area contributed by atoms with Gasteiger partial charge in [0.1, 0.15) is 0 Å². The molecule has 1 aliphatic heterocycles. The van der Waals surface area contributed by atoms with Gasteiger partial charge in [-0.3, -0.25) is 9.59 Å². The first-order valence-corrected chi connectivity index (χ1v) is 9.03. The Balaban J connectivity index is 2.00. The van der Waals surface area contributed by atoms with Gasteiger partial charge in [-0.1, -0.05) is 0 Å². The van der Waals surface area contributed by atoms with Crippen LogP contribution in [-0.2, 0) is 19.6 Å². The quantitative estimate of drug-likeness (QED) is 0.743. The molecule has 1 saturated heterocycles. The molecule has 0 aliphatic carbocycles. The van der Waals surface area contributed by atoms with E-state index in [-0.39, 0.29) is 29.8 Å². The van der Waals surface area contributed by atoms with Crippen molar-refractivity contribution in [3.63, 3.8) is 0 Å². The summed E-state index contributed by atoms with van der Waals surface area (Å²) in [5.41, 5.74) is 0.715. The normalized spacial score (nSPS) is 15.5. The summed E-state index contributed by atoms with van der Waals surface area (Å²) in [7, 11) is -3.62. The molecule has 1 aromatic carbocycles. The van der Waals surface area contributed by atoms with E-state index in [9.17, 15) is 18.0 Å². The molecule has 0 saturated carbocycles. The van der Waals surface area contributed by atoms with Crippen LogP contribution in [0.25, 0.3) is 0 Å². The Morgan fingerprint density at radius 1 is 1.17 bits per heavy atom. The fourth-order valence-corrected chi connectivity index (χ4v) is 3.42. The van der Waals surface area contributed by atoms with Crippen molar-refractivity contribution in [3.05, 3.63) is 24.3 Å². The number of benzene rings is 1. The molecule has 0 atom stereocenters. The number of piperidine rings is 1. The molecule has 2 amide bonds. The number of rotatable bonds is 6. The number of carbonyl (C=O) groups excluding carboxylic acids is 2. The van der Waals surface area contributed by atoms with Gasteiger partial charge < -0.3 is 10.2 Å². The van der Waals surface area contributed by atoms with Crippen molar-refractivity contribution in [3.8, 4) is 0 Å². The summed E-state index contributed by atoms with van der Waals surface area (Å²) >= 11 is 0. The van der Waals surface area contributed by atoms with Gasteiger partial charge in [-0.15, -0.1) is 0 Å². The van der Waals surface area contributed by atoms with Crippen LogP contribution in [0, 0.1) is 0 Å². The molecule has 2 N–H and O–H groups in total. The highest BCUT2D eigenvalue weighted by molar-refractivity contribution is 7.89. The first-order valence-electron chi connectivity index (χ1n) is 7.55. The van der Waals surface area contributed by atoms with E-state index in [1.54, 1.807) is 17.0 Å². The lowest BCUT2D eigenvalue weighted by molar-refractivity contribution is -0.120. The lowest BCUT2D eigenvalue weighted by atomic mass is 10.1. The van der Waals surface area contributed by atoms with Gasteiger partial charge in [0.2, 0.25) is 21.8 Å². The third kappa shape index (κ3) is 4.77. The van der Waals surface area contributed by atoms with Crippen molar-refractivity contribution in [1.29, 1.82) is 0 Å². The van der Waals surface area contributed by atoms with Gasteiger partial charge in [-0.2, -0.15) is 0 Å². The molecule has 0 aromatic heterocycles. The van der Waals surface area contributed by atoms with E-state index in [0.29, 0.717) is 18.7 Å². The molecule has 0 radical (unpaired) electrons. The monoisotopic (exact) mass is 339 g/mol. The van der Waals surface area contributed by atoms with Crippen LogP contribution in [0.3, 0.4) is 0 Å². The second kappa shape index (κ2) is 7.56. The summed E-state index contributed by atoms with van der Waals surface area (Å²) in [6.45, 7) is 2.39. The Labute approximate surface area is 136 Å². The molecule has 23 heavy (non-hydrogen) atoms. The van der Waals surface area contributed by atoms with Crippen LogP contribution in [-0.4, -0.2) is 39.9 Å². The molecule has 8 heteroatoms. The average molecular weight is 339 g/mol. The maximum Gasteiger partial charge on any atom is 0.240 e. The van der Waals surface area contributed by atoms with Gasteiger partial charge in [-0.25, -0.2) is 13.1 Å². The molecule has 0 spiro atoms. The van der Waals surface area contributed by atoms with Gasteiger partial charge in [0, 0.05) is 38.7 Å². The molecule has 0 unspecified atom stereocenters. The van der Waals surface area contributed by atoms with Crippen molar-refractivity contribution < 1.29 is 18.0 Å². The minimum atomic E-state index is -3.62. The molecule has 7 nitrogen and oxygen atoms in total. The lowest BCUT2D eigenvalue weighted by Crippen LogP contribution is -2.35. The molecule has 1 aromatic rings. The second-order valence-electron chi connectivity index (χ2n) is 5.38. The van der Waals surface area contributed by atoms with Crippen LogP contribution in [0.2, 0.25) is 0 Å². The Kier molecular flexibility index (Phi) is 5.73. The molecular weight excluding hydrogens is 318 g/mol. The minimum Gasteiger partial charge on any atom is -0.355 e. The maximum absolute atomic E-state index is 12.1. The highest BCUT2D eigenvalue weighted by atomic mass is 32.2. The van der Waals surface area contributed by atoms with Crippen LogP contribution >= 0.6 is 0 Å². The number of hydrogen-bond donors (Lipinski definition) is 2. The van der Waals surface area contributed by atoms with Crippen molar-refractivity contribution in [1.82, 2.24) is 10.0 Å². The summed E-state index contributed by atoms with van der Waals surface area (Å²) in [5, 5.41) is 2.52. The lowest BCUT2D eigenvalue weighted by Gasteiger charge is -2.26. The van der Waals surface area contributed by atoms with E-state index >= 15 is 0 Å². The average Bonchev–Trinajstić information content (AvgIpc) is 2.52. The van der Waals surface area contributed by atoms with E-state index in [1.807, 2.05) is 0 Å². The van der Waals surface area contributed by atoms with Crippen molar-refractivity contribution >= 4 is 27.5 Å². The summed E-state index contributed by atoms with van der Waals surface area (Å²) in [6, 6.07) is 6.26. The number of sulfonamides is 1. The van der Waals surface area contributed by atoms with E-state index in [0.717, 1.165) is 12.8 Å². The first kappa shape index (κ1) is 17.4. The number of hydrogen-bond acceptors (Lipinski definition) is 4. The Bertz CT molecular complexity index is 670. The largest absolute Gasteiger partial charge is 0.355 e. The molecule has 126 valence electrons. The third-order valence-corrected chi connectivity index (χ3v) is 5.05. The number of nitrogens with zero attached hydrogens (tertiary/aromatic N) is 1. The van der Waals surface area contributed by atoms with E-state index < -0.39 is 10.0 Å². The molecule has 1 aliphatic rings. The van der Waals surface area contributed by atoms with Crippen molar-refractivity contribution in [2.75, 3.05) is 24.5 Å². The molecule has 1 heterocycles. The summed E-state index contributed by atoms with van der Waals surface area (Å²) in [6.07, 6.45) is 2.39. The fourth-order valence-electron chi connectivity index (χ4n) is 2.39. The highest BCUT2D eigenvalue weighted by Gasteiger charge is 2.20. The number of nitrogens with one attached hydrogen (secondary N) is 2. The van der Waals surface area contributed by atoms with Gasteiger partial charge >= 0.3 is 0 Å². The third-order valence-electron chi connectivity index (χ3n) is 3.57. The Hall–Kier alpha value is -1.93. The smallest absolute Gasteiger partial charge is 0.240 e. The minimum absolute atomic E-state index is 0.0697. The van der Waals surface area contributed by atoms with Gasteiger partial charge in [0.05, 0.1) is 4.90 Å².